The summed E-state index contributed by atoms with van der Waals surface area (Å²) in [5.41, 5.74) is 1.85. The number of Topliss-reactive ketones (excluding diaryl/α,β-unsaturated/α-hetero) is 1. The van der Waals surface area contributed by atoms with Gasteiger partial charge >= 0.3 is 0 Å². The zero-order chi connectivity index (χ0) is 13.1. The maximum atomic E-state index is 12.1. The molecule has 0 saturated heterocycles. The van der Waals surface area contributed by atoms with Crippen molar-refractivity contribution in [1.82, 2.24) is 9.47 Å². The van der Waals surface area contributed by atoms with Gasteiger partial charge < -0.3 is 9.47 Å². The Morgan fingerprint density at radius 1 is 1.33 bits per heavy atom. The van der Waals surface area contributed by atoms with E-state index < -0.39 is 0 Å². The number of aromatic nitrogens is 1. The minimum absolute atomic E-state index is 0.122. The molecule has 0 radical (unpaired) electrons. The number of fused-ring (bicyclic) bond motifs is 1. The average Bonchev–Trinajstić information content (AvgIpc) is 2.76. The molecule has 1 amide bonds. The van der Waals surface area contributed by atoms with Crippen molar-refractivity contribution < 1.29 is 9.59 Å². The monoisotopic (exact) mass is 248 g/mol. The van der Waals surface area contributed by atoms with Crippen molar-refractivity contribution in [2.45, 2.75) is 39.7 Å². The second-order valence-corrected chi connectivity index (χ2v) is 4.65. The molecular formula is C14H20N2O2. The van der Waals surface area contributed by atoms with Gasteiger partial charge in [-0.1, -0.05) is 0 Å². The van der Waals surface area contributed by atoms with Crippen LogP contribution in [0.4, 0.5) is 0 Å². The molecule has 0 aliphatic heterocycles. The van der Waals surface area contributed by atoms with Gasteiger partial charge in [-0.3, -0.25) is 9.59 Å². The van der Waals surface area contributed by atoms with Gasteiger partial charge in [0.1, 0.15) is 6.54 Å². The topological polar surface area (TPSA) is 42.3 Å². The number of rotatable bonds is 4. The third kappa shape index (κ3) is 2.33. The van der Waals surface area contributed by atoms with Gasteiger partial charge in [0.25, 0.3) is 0 Å². The van der Waals surface area contributed by atoms with Crippen LogP contribution in [0.5, 0.6) is 0 Å². The Balaban J connectivity index is 2.16. The number of amides is 1. The molecule has 4 nitrogen and oxygen atoms in total. The fourth-order valence-electron chi connectivity index (χ4n) is 2.56. The number of carbonyl (C=O) groups is 2. The largest absolute Gasteiger partial charge is 0.342 e. The van der Waals surface area contributed by atoms with Crippen molar-refractivity contribution in [1.29, 1.82) is 0 Å². The molecule has 0 fully saturated rings. The molecular weight excluding hydrogens is 228 g/mol. The molecule has 0 atom stereocenters. The molecule has 1 aromatic heterocycles. The van der Waals surface area contributed by atoms with Crippen LogP contribution in [0.15, 0.2) is 12.3 Å². The van der Waals surface area contributed by atoms with Crippen molar-refractivity contribution in [3.8, 4) is 0 Å². The molecule has 4 heteroatoms. The van der Waals surface area contributed by atoms with Gasteiger partial charge in [-0.2, -0.15) is 0 Å². The van der Waals surface area contributed by atoms with Crippen LogP contribution in [0.1, 0.15) is 42.7 Å². The van der Waals surface area contributed by atoms with Crippen molar-refractivity contribution in [3.05, 3.63) is 23.5 Å². The minimum Gasteiger partial charge on any atom is -0.342 e. The Bertz CT molecular complexity index is 458. The highest BCUT2D eigenvalue weighted by molar-refractivity contribution is 5.98. The van der Waals surface area contributed by atoms with E-state index in [0.717, 1.165) is 37.2 Å². The van der Waals surface area contributed by atoms with Gasteiger partial charge in [0, 0.05) is 37.0 Å². The highest BCUT2D eigenvalue weighted by Crippen LogP contribution is 2.22. The van der Waals surface area contributed by atoms with Gasteiger partial charge in [0.2, 0.25) is 5.91 Å². The van der Waals surface area contributed by atoms with E-state index in [2.05, 4.69) is 0 Å². The van der Waals surface area contributed by atoms with Crippen LogP contribution >= 0.6 is 0 Å². The molecule has 1 aliphatic rings. The first-order chi connectivity index (χ1) is 8.67. The van der Waals surface area contributed by atoms with E-state index in [1.807, 2.05) is 35.6 Å². The Hall–Kier alpha value is -1.58. The predicted octanol–water partition coefficient (Wildman–Crippen LogP) is 1.88. The fourth-order valence-corrected chi connectivity index (χ4v) is 2.56. The number of carbonyl (C=O) groups excluding carboxylic acids is 2. The summed E-state index contributed by atoms with van der Waals surface area (Å²) in [7, 11) is 0. The third-order valence-electron chi connectivity index (χ3n) is 3.62. The summed E-state index contributed by atoms with van der Waals surface area (Å²) in [6, 6.07) is 1.85. The molecule has 1 aliphatic carbocycles. The highest BCUT2D eigenvalue weighted by Gasteiger charge is 2.21. The van der Waals surface area contributed by atoms with Gasteiger partial charge in [-0.05, 0) is 32.8 Å². The van der Waals surface area contributed by atoms with Crippen LogP contribution in [0.25, 0.3) is 0 Å². The van der Waals surface area contributed by atoms with Crippen LogP contribution in [0.3, 0.4) is 0 Å². The zero-order valence-corrected chi connectivity index (χ0v) is 11.1. The Morgan fingerprint density at radius 2 is 2.06 bits per heavy atom. The van der Waals surface area contributed by atoms with Crippen LogP contribution in [0.2, 0.25) is 0 Å². The van der Waals surface area contributed by atoms with Crippen molar-refractivity contribution in [2.75, 3.05) is 13.1 Å². The Kier molecular flexibility index (Phi) is 3.84. The maximum Gasteiger partial charge on any atom is 0.242 e. The summed E-state index contributed by atoms with van der Waals surface area (Å²) >= 11 is 0. The molecule has 1 aromatic rings. The SMILES string of the molecule is CCN(CC)C(=O)Cn1ccc2c1CCCC2=O. The summed E-state index contributed by atoms with van der Waals surface area (Å²) < 4.78 is 1.94. The average molecular weight is 248 g/mol. The lowest BCUT2D eigenvalue weighted by atomic mass is 9.97. The first kappa shape index (κ1) is 12.9. The highest BCUT2D eigenvalue weighted by atomic mass is 16.2. The number of ketones is 1. The van der Waals surface area contributed by atoms with E-state index in [4.69, 9.17) is 0 Å². The molecule has 1 heterocycles. The van der Waals surface area contributed by atoms with E-state index in [0.29, 0.717) is 13.0 Å². The van der Waals surface area contributed by atoms with Crippen molar-refractivity contribution in [2.24, 2.45) is 0 Å². The van der Waals surface area contributed by atoms with Crippen LogP contribution in [0, 0.1) is 0 Å². The second-order valence-electron chi connectivity index (χ2n) is 4.65. The Labute approximate surface area is 108 Å². The minimum atomic E-state index is 0.122. The second kappa shape index (κ2) is 5.38. The van der Waals surface area contributed by atoms with E-state index >= 15 is 0 Å². The number of hydrogen-bond acceptors (Lipinski definition) is 2. The quantitative estimate of drug-likeness (QED) is 0.816. The van der Waals surface area contributed by atoms with E-state index in [1.54, 1.807) is 0 Å². The summed E-state index contributed by atoms with van der Waals surface area (Å²) in [5.74, 6) is 0.335. The lowest BCUT2D eigenvalue weighted by Crippen LogP contribution is -2.33. The number of hydrogen-bond donors (Lipinski definition) is 0. The van der Waals surface area contributed by atoms with Gasteiger partial charge in [0.05, 0.1) is 0 Å². The number of likely N-dealkylation sites (N-methyl/N-ethyl adjacent to an activating group) is 1. The molecule has 0 saturated carbocycles. The van der Waals surface area contributed by atoms with E-state index in [-0.39, 0.29) is 11.7 Å². The third-order valence-corrected chi connectivity index (χ3v) is 3.62. The molecule has 0 N–H and O–H groups in total. The number of nitrogens with zero attached hydrogens (tertiary/aromatic N) is 2. The van der Waals surface area contributed by atoms with Gasteiger partial charge in [-0.15, -0.1) is 0 Å². The van der Waals surface area contributed by atoms with E-state index in [9.17, 15) is 9.59 Å². The normalized spacial score (nSPS) is 14.4. The zero-order valence-electron chi connectivity index (χ0n) is 11.1. The smallest absolute Gasteiger partial charge is 0.242 e. The molecule has 0 aromatic carbocycles. The Morgan fingerprint density at radius 3 is 2.72 bits per heavy atom. The van der Waals surface area contributed by atoms with Crippen LogP contribution in [-0.2, 0) is 17.8 Å². The molecule has 0 unspecified atom stereocenters. The molecule has 98 valence electrons. The van der Waals surface area contributed by atoms with Crippen molar-refractivity contribution >= 4 is 11.7 Å². The first-order valence-corrected chi connectivity index (χ1v) is 6.66. The maximum absolute atomic E-state index is 12.1. The van der Waals surface area contributed by atoms with Gasteiger partial charge in [-0.25, -0.2) is 0 Å². The predicted molar refractivity (Wildman–Crippen MR) is 69.6 cm³/mol. The molecule has 0 bridgehead atoms. The molecule has 2 rings (SSSR count). The summed E-state index contributed by atoms with van der Waals surface area (Å²) in [5, 5.41) is 0. The van der Waals surface area contributed by atoms with Gasteiger partial charge in [0.15, 0.2) is 5.78 Å². The van der Waals surface area contributed by atoms with E-state index in [1.165, 1.54) is 0 Å². The standard InChI is InChI=1S/C14H20N2O2/c1-3-15(4-2)14(18)10-16-9-8-11-12(16)6-5-7-13(11)17/h8-9H,3-7,10H2,1-2H3. The first-order valence-electron chi connectivity index (χ1n) is 6.66. The molecule has 18 heavy (non-hydrogen) atoms. The lowest BCUT2D eigenvalue weighted by molar-refractivity contribution is -0.131. The molecule has 0 spiro atoms. The fraction of sp³-hybridized carbons (Fsp3) is 0.571. The lowest BCUT2D eigenvalue weighted by Gasteiger charge is -2.20. The van der Waals surface area contributed by atoms with Crippen molar-refractivity contribution in [3.63, 3.8) is 0 Å². The van der Waals surface area contributed by atoms with Crippen LogP contribution < -0.4 is 0 Å². The summed E-state index contributed by atoms with van der Waals surface area (Å²) in [4.78, 5) is 25.6. The summed E-state index contributed by atoms with van der Waals surface area (Å²) in [6.45, 7) is 5.78. The van der Waals surface area contributed by atoms with Crippen LogP contribution in [-0.4, -0.2) is 34.2 Å². The summed E-state index contributed by atoms with van der Waals surface area (Å²) in [6.07, 6.45) is 4.31.